The van der Waals surface area contributed by atoms with Crippen LogP contribution in [0.4, 0.5) is 5.82 Å². The van der Waals surface area contributed by atoms with Gasteiger partial charge in [-0.1, -0.05) is 17.7 Å². The van der Waals surface area contributed by atoms with E-state index in [1.54, 1.807) is 22.8 Å². The number of hydrogen-bond donors (Lipinski definition) is 3. The summed E-state index contributed by atoms with van der Waals surface area (Å²) >= 11 is 6.20. The molecule has 2 aromatic rings. The van der Waals surface area contributed by atoms with Gasteiger partial charge in [0.15, 0.2) is 12.0 Å². The Kier molecular flexibility index (Phi) is 3.21. The van der Waals surface area contributed by atoms with Crippen molar-refractivity contribution in [3.8, 4) is 11.4 Å². The summed E-state index contributed by atoms with van der Waals surface area (Å²) in [5.74, 6) is 0.860. The second-order valence-electron chi connectivity index (χ2n) is 5.14. The van der Waals surface area contributed by atoms with Crippen LogP contribution in [-0.2, 0) is 0 Å². The van der Waals surface area contributed by atoms with Crippen molar-refractivity contribution in [3.05, 3.63) is 51.7 Å². The fraction of sp³-hybridized carbons (Fsp3) is 0.214. The van der Waals surface area contributed by atoms with Gasteiger partial charge in [-0.05, 0) is 24.4 Å². The highest BCUT2D eigenvalue weighted by Crippen LogP contribution is 2.37. The Morgan fingerprint density at radius 1 is 1.43 bits per heavy atom. The third-order valence-corrected chi connectivity index (χ3v) is 4.13. The van der Waals surface area contributed by atoms with Crippen molar-refractivity contribution >= 4 is 17.4 Å². The molecule has 118 valence electrons. The molecule has 0 radical (unpaired) electrons. The first kappa shape index (κ1) is 14.0. The number of azo groups is 1. The van der Waals surface area contributed by atoms with Crippen LogP contribution in [0, 0.1) is 0 Å². The molecule has 2 aliphatic rings. The van der Waals surface area contributed by atoms with Gasteiger partial charge >= 0.3 is 5.69 Å². The minimum absolute atomic E-state index is 0.0270. The normalized spacial score (nSPS) is 21.0. The van der Waals surface area contributed by atoms with E-state index in [4.69, 9.17) is 22.1 Å². The number of aromatic amines is 1. The van der Waals surface area contributed by atoms with Gasteiger partial charge in [-0.3, -0.25) is 15.3 Å². The minimum Gasteiger partial charge on any atom is -0.477 e. The van der Waals surface area contributed by atoms with Gasteiger partial charge in [-0.2, -0.15) is 5.11 Å². The maximum absolute atomic E-state index is 12.4. The van der Waals surface area contributed by atoms with Crippen molar-refractivity contribution in [1.29, 1.82) is 0 Å². The largest absolute Gasteiger partial charge is 0.477 e. The monoisotopic (exact) mass is 332 g/mol. The number of H-pyrrole nitrogens is 1. The van der Waals surface area contributed by atoms with Gasteiger partial charge in [0.05, 0.1) is 22.3 Å². The Labute approximate surface area is 135 Å². The molecule has 8 nitrogen and oxygen atoms in total. The first-order chi connectivity index (χ1) is 11.2. The maximum Gasteiger partial charge on any atom is 0.332 e. The number of benzene rings is 1. The second-order valence-corrected chi connectivity index (χ2v) is 5.54. The standard InChI is InChI=1S/C14H13ClN6O2/c15-9-5-7(1-2-10(9)23-6-16)21-11-8-3-4-17-12(8)19-20-13(11)18-14(21)22/h1-5,8,12,17H,6,16H2,(H,18,22). The van der Waals surface area contributed by atoms with Crippen molar-refractivity contribution in [2.24, 2.45) is 16.0 Å². The molecular weight excluding hydrogens is 320 g/mol. The van der Waals surface area contributed by atoms with Gasteiger partial charge in [0.2, 0.25) is 0 Å². The van der Waals surface area contributed by atoms with Crippen LogP contribution >= 0.6 is 11.6 Å². The van der Waals surface area contributed by atoms with E-state index < -0.39 is 0 Å². The van der Waals surface area contributed by atoms with E-state index in [1.165, 1.54) is 0 Å². The Morgan fingerprint density at radius 2 is 2.30 bits per heavy atom. The van der Waals surface area contributed by atoms with E-state index in [1.807, 2.05) is 12.3 Å². The molecule has 1 aromatic carbocycles. The molecule has 23 heavy (non-hydrogen) atoms. The van der Waals surface area contributed by atoms with Crippen LogP contribution in [0.15, 0.2) is 45.5 Å². The third-order valence-electron chi connectivity index (χ3n) is 3.83. The number of imidazole rings is 1. The molecule has 0 saturated carbocycles. The summed E-state index contributed by atoms with van der Waals surface area (Å²) in [4.78, 5) is 15.1. The number of rotatable bonds is 3. The first-order valence-electron chi connectivity index (χ1n) is 7.00. The van der Waals surface area contributed by atoms with E-state index in [0.717, 1.165) is 5.69 Å². The summed E-state index contributed by atoms with van der Waals surface area (Å²) in [6, 6.07) is 5.09. The molecule has 1 aromatic heterocycles. The van der Waals surface area contributed by atoms with Crippen LogP contribution in [0.3, 0.4) is 0 Å². The lowest BCUT2D eigenvalue weighted by Gasteiger charge is -2.20. The molecule has 0 bridgehead atoms. The molecule has 4 N–H and O–H groups in total. The quantitative estimate of drug-likeness (QED) is 0.743. The average molecular weight is 333 g/mol. The molecule has 4 rings (SSSR count). The van der Waals surface area contributed by atoms with Crippen LogP contribution < -0.4 is 21.5 Å². The number of hydrogen-bond acceptors (Lipinski definition) is 6. The van der Waals surface area contributed by atoms with Gasteiger partial charge in [-0.15, -0.1) is 5.11 Å². The second kappa shape index (κ2) is 5.25. The SMILES string of the molecule is NCOc1ccc(-n2c3c([nH]c2=O)N=NC2NC=CC32)cc1Cl. The highest BCUT2D eigenvalue weighted by atomic mass is 35.5. The molecule has 0 spiro atoms. The molecule has 0 saturated heterocycles. The minimum atomic E-state index is -0.293. The summed E-state index contributed by atoms with van der Waals surface area (Å²) in [6.45, 7) is 0.0270. The zero-order chi connectivity index (χ0) is 16.0. The fourth-order valence-corrected chi connectivity index (χ4v) is 3.07. The number of nitrogens with two attached hydrogens (primary N) is 1. The fourth-order valence-electron chi connectivity index (χ4n) is 2.84. The van der Waals surface area contributed by atoms with Gasteiger partial charge in [-0.25, -0.2) is 4.79 Å². The summed E-state index contributed by atoms with van der Waals surface area (Å²) in [5, 5.41) is 11.7. The maximum atomic E-state index is 12.4. The summed E-state index contributed by atoms with van der Waals surface area (Å²) in [7, 11) is 0. The lowest BCUT2D eigenvalue weighted by molar-refractivity contribution is 0.330. The highest BCUT2D eigenvalue weighted by Gasteiger charge is 2.34. The van der Waals surface area contributed by atoms with E-state index in [2.05, 4.69) is 20.5 Å². The van der Waals surface area contributed by atoms with Crippen LogP contribution in [0.1, 0.15) is 11.6 Å². The van der Waals surface area contributed by atoms with E-state index in [9.17, 15) is 4.79 Å². The highest BCUT2D eigenvalue weighted by molar-refractivity contribution is 6.32. The van der Waals surface area contributed by atoms with Gasteiger partial charge < -0.3 is 10.1 Å². The van der Waals surface area contributed by atoms with Crippen molar-refractivity contribution in [1.82, 2.24) is 14.9 Å². The van der Waals surface area contributed by atoms with E-state index in [-0.39, 0.29) is 24.5 Å². The molecule has 2 aliphatic heterocycles. The van der Waals surface area contributed by atoms with Crippen LogP contribution in [0.25, 0.3) is 5.69 Å². The van der Waals surface area contributed by atoms with Crippen LogP contribution in [0.2, 0.25) is 5.02 Å². The topological polar surface area (TPSA) is 110 Å². The first-order valence-corrected chi connectivity index (χ1v) is 7.38. The smallest absolute Gasteiger partial charge is 0.332 e. The molecule has 0 aliphatic carbocycles. The number of halogens is 1. The average Bonchev–Trinajstić information content (AvgIpc) is 3.12. The van der Waals surface area contributed by atoms with Crippen molar-refractivity contribution in [3.63, 3.8) is 0 Å². The van der Waals surface area contributed by atoms with Crippen LogP contribution in [-0.4, -0.2) is 22.4 Å². The van der Waals surface area contributed by atoms with Crippen LogP contribution in [0.5, 0.6) is 5.75 Å². The Bertz CT molecular complexity index is 884. The molecule has 2 unspecified atom stereocenters. The van der Waals surface area contributed by atoms with E-state index >= 15 is 0 Å². The Hall–Kier alpha value is -2.58. The molecular formula is C14H13ClN6O2. The lowest BCUT2D eigenvalue weighted by atomic mass is 10.0. The molecule has 3 heterocycles. The van der Waals surface area contributed by atoms with Gasteiger partial charge in [0, 0.05) is 0 Å². The van der Waals surface area contributed by atoms with Crippen molar-refractivity contribution in [2.75, 3.05) is 6.73 Å². The van der Waals surface area contributed by atoms with Crippen molar-refractivity contribution in [2.45, 2.75) is 12.1 Å². The van der Waals surface area contributed by atoms with Gasteiger partial charge in [0.25, 0.3) is 0 Å². The number of aromatic nitrogens is 2. The van der Waals surface area contributed by atoms with Crippen molar-refractivity contribution < 1.29 is 4.74 Å². The Balaban J connectivity index is 1.86. The number of fused-ring (bicyclic) bond motifs is 3. The van der Waals surface area contributed by atoms with Gasteiger partial charge in [0.1, 0.15) is 12.5 Å². The third kappa shape index (κ3) is 2.14. The molecule has 9 heteroatoms. The number of nitrogens with zero attached hydrogens (tertiary/aromatic N) is 3. The number of ether oxygens (including phenoxy) is 1. The predicted octanol–water partition coefficient (Wildman–Crippen LogP) is 1.74. The zero-order valence-electron chi connectivity index (χ0n) is 11.9. The lowest BCUT2D eigenvalue weighted by Crippen LogP contribution is -2.27. The summed E-state index contributed by atoms with van der Waals surface area (Å²) in [6.07, 6.45) is 3.58. The summed E-state index contributed by atoms with van der Waals surface area (Å²) < 4.78 is 6.77. The number of nitrogens with one attached hydrogen (secondary N) is 2. The molecule has 0 fully saturated rings. The molecule has 2 atom stereocenters. The Morgan fingerprint density at radius 3 is 3.09 bits per heavy atom. The molecule has 0 amide bonds. The predicted molar refractivity (Wildman–Crippen MR) is 84.4 cm³/mol. The summed E-state index contributed by atoms with van der Waals surface area (Å²) in [5.41, 5.74) is 6.44. The van der Waals surface area contributed by atoms with E-state index in [0.29, 0.717) is 22.3 Å². The zero-order valence-corrected chi connectivity index (χ0v) is 12.6.